The van der Waals surface area contributed by atoms with E-state index in [9.17, 15) is 4.79 Å². The molecule has 0 saturated heterocycles. The third-order valence-corrected chi connectivity index (χ3v) is 4.15. The van der Waals surface area contributed by atoms with E-state index in [0.717, 1.165) is 22.6 Å². The average molecular weight is 243 g/mol. The highest BCUT2D eigenvalue weighted by Crippen LogP contribution is 2.20. The number of thiol groups is 1. The molecule has 0 aliphatic rings. The molecule has 84 valence electrons. The van der Waals surface area contributed by atoms with Gasteiger partial charge in [0.15, 0.2) is 0 Å². The largest absolute Gasteiger partial charge is 0.346 e. The molecule has 4 heteroatoms. The van der Waals surface area contributed by atoms with Gasteiger partial charge in [0.25, 0.3) is 5.91 Å². The van der Waals surface area contributed by atoms with Crippen LogP contribution in [0.5, 0.6) is 0 Å². The van der Waals surface area contributed by atoms with Gasteiger partial charge in [-0.05, 0) is 25.8 Å². The van der Waals surface area contributed by atoms with E-state index in [1.54, 1.807) is 6.07 Å². The summed E-state index contributed by atoms with van der Waals surface area (Å²) < 4.78 is 0. The standard InChI is InChI=1S/C11H17NOS2/c1-4-11(3,5-2)12-10(13)9-6-8(14)7-15-9/h6-7,14H,4-5H2,1-3H3,(H,12,13). The van der Waals surface area contributed by atoms with Crippen molar-refractivity contribution in [2.45, 2.75) is 44.0 Å². The van der Waals surface area contributed by atoms with Gasteiger partial charge in [-0.3, -0.25) is 4.79 Å². The van der Waals surface area contributed by atoms with Crippen LogP contribution in [0, 0.1) is 0 Å². The van der Waals surface area contributed by atoms with E-state index in [2.05, 4.69) is 38.7 Å². The average Bonchev–Trinajstić information content (AvgIpc) is 2.65. The predicted octanol–water partition coefficient (Wildman–Crippen LogP) is 3.35. The summed E-state index contributed by atoms with van der Waals surface area (Å²) in [6.07, 6.45) is 1.88. The van der Waals surface area contributed by atoms with Crippen LogP contribution in [0.15, 0.2) is 16.3 Å². The Morgan fingerprint density at radius 2 is 2.13 bits per heavy atom. The number of hydrogen-bond acceptors (Lipinski definition) is 3. The lowest BCUT2D eigenvalue weighted by atomic mass is 9.95. The zero-order valence-corrected chi connectivity index (χ0v) is 11.0. The third-order valence-electron chi connectivity index (χ3n) is 2.79. The van der Waals surface area contributed by atoms with E-state index < -0.39 is 0 Å². The van der Waals surface area contributed by atoms with Crippen LogP contribution in [0.25, 0.3) is 0 Å². The maximum Gasteiger partial charge on any atom is 0.261 e. The first-order chi connectivity index (χ1) is 7.00. The van der Waals surface area contributed by atoms with Gasteiger partial charge in [-0.1, -0.05) is 13.8 Å². The number of hydrogen-bond donors (Lipinski definition) is 2. The highest BCUT2D eigenvalue weighted by Gasteiger charge is 2.22. The van der Waals surface area contributed by atoms with Gasteiger partial charge in [0.05, 0.1) is 4.88 Å². The summed E-state index contributed by atoms with van der Waals surface area (Å²) in [6, 6.07) is 1.80. The Bertz CT molecular complexity index is 342. The molecule has 0 spiro atoms. The van der Waals surface area contributed by atoms with Crippen molar-refractivity contribution in [1.82, 2.24) is 5.32 Å². The second-order valence-electron chi connectivity index (χ2n) is 3.89. The monoisotopic (exact) mass is 243 g/mol. The maximum atomic E-state index is 11.9. The highest BCUT2D eigenvalue weighted by atomic mass is 32.1. The van der Waals surface area contributed by atoms with Gasteiger partial charge in [0.2, 0.25) is 0 Å². The number of thiophene rings is 1. The van der Waals surface area contributed by atoms with Crippen molar-refractivity contribution in [1.29, 1.82) is 0 Å². The molecule has 2 nitrogen and oxygen atoms in total. The molecule has 0 fully saturated rings. The van der Waals surface area contributed by atoms with Crippen molar-refractivity contribution in [3.05, 3.63) is 16.3 Å². The van der Waals surface area contributed by atoms with Crippen LogP contribution >= 0.6 is 24.0 Å². The smallest absolute Gasteiger partial charge is 0.261 e. The number of amides is 1. The summed E-state index contributed by atoms with van der Waals surface area (Å²) in [5.41, 5.74) is -0.0994. The number of carbonyl (C=O) groups is 1. The van der Waals surface area contributed by atoms with Crippen molar-refractivity contribution in [3.8, 4) is 0 Å². The Labute approximate surface area is 100 Å². The van der Waals surface area contributed by atoms with Crippen LogP contribution in [0.1, 0.15) is 43.3 Å². The molecule has 1 rings (SSSR count). The van der Waals surface area contributed by atoms with Gasteiger partial charge >= 0.3 is 0 Å². The van der Waals surface area contributed by atoms with E-state index >= 15 is 0 Å². The summed E-state index contributed by atoms with van der Waals surface area (Å²) in [6.45, 7) is 6.24. The Morgan fingerprint density at radius 3 is 2.53 bits per heavy atom. The normalized spacial score (nSPS) is 11.5. The summed E-state index contributed by atoms with van der Waals surface area (Å²) >= 11 is 5.62. The molecule has 1 amide bonds. The molecule has 0 radical (unpaired) electrons. The van der Waals surface area contributed by atoms with E-state index in [4.69, 9.17) is 0 Å². The fourth-order valence-electron chi connectivity index (χ4n) is 1.21. The van der Waals surface area contributed by atoms with Crippen molar-refractivity contribution in [2.24, 2.45) is 0 Å². The van der Waals surface area contributed by atoms with Gasteiger partial charge in [-0.25, -0.2) is 0 Å². The Morgan fingerprint density at radius 1 is 1.53 bits per heavy atom. The predicted molar refractivity (Wildman–Crippen MR) is 68.0 cm³/mol. The SMILES string of the molecule is CCC(C)(CC)NC(=O)c1cc(S)cs1. The number of carbonyl (C=O) groups excluding carboxylic acids is 1. The van der Waals surface area contributed by atoms with Crippen LogP contribution in [0.4, 0.5) is 0 Å². The van der Waals surface area contributed by atoms with Crippen molar-refractivity contribution in [3.63, 3.8) is 0 Å². The van der Waals surface area contributed by atoms with Gasteiger partial charge in [-0.15, -0.1) is 24.0 Å². The van der Waals surface area contributed by atoms with Crippen LogP contribution in [0.3, 0.4) is 0 Å². The molecule has 1 heterocycles. The topological polar surface area (TPSA) is 29.1 Å². The molecule has 0 aliphatic heterocycles. The van der Waals surface area contributed by atoms with Crippen LogP contribution < -0.4 is 5.32 Å². The van der Waals surface area contributed by atoms with Gasteiger partial charge < -0.3 is 5.32 Å². The molecular formula is C11H17NOS2. The molecule has 0 aromatic carbocycles. The van der Waals surface area contributed by atoms with E-state index in [0.29, 0.717) is 0 Å². The molecule has 1 aromatic heterocycles. The van der Waals surface area contributed by atoms with Crippen LogP contribution in [0.2, 0.25) is 0 Å². The number of nitrogens with one attached hydrogen (secondary N) is 1. The first-order valence-electron chi connectivity index (χ1n) is 5.10. The fourth-order valence-corrected chi connectivity index (χ4v) is 2.25. The van der Waals surface area contributed by atoms with E-state index in [1.165, 1.54) is 11.3 Å². The molecule has 0 aliphatic carbocycles. The third kappa shape index (κ3) is 3.24. The van der Waals surface area contributed by atoms with Gasteiger partial charge in [0.1, 0.15) is 0 Å². The molecule has 0 atom stereocenters. The van der Waals surface area contributed by atoms with Gasteiger partial charge in [-0.2, -0.15) is 0 Å². The summed E-state index contributed by atoms with van der Waals surface area (Å²) in [4.78, 5) is 13.4. The molecular weight excluding hydrogens is 226 g/mol. The lowest BCUT2D eigenvalue weighted by Gasteiger charge is -2.27. The lowest BCUT2D eigenvalue weighted by molar-refractivity contribution is 0.0905. The summed E-state index contributed by atoms with van der Waals surface area (Å²) in [7, 11) is 0. The van der Waals surface area contributed by atoms with E-state index in [1.807, 2.05) is 5.38 Å². The minimum absolute atomic E-state index is 0.00602. The first kappa shape index (κ1) is 12.6. The van der Waals surface area contributed by atoms with Crippen molar-refractivity contribution >= 4 is 29.9 Å². The Kier molecular flexibility index (Phi) is 4.22. The van der Waals surface area contributed by atoms with Crippen molar-refractivity contribution < 1.29 is 4.79 Å². The summed E-state index contributed by atoms with van der Waals surface area (Å²) in [5.74, 6) is 0.00602. The molecule has 1 aromatic rings. The summed E-state index contributed by atoms with van der Waals surface area (Å²) in [5, 5.41) is 4.93. The second kappa shape index (κ2) is 5.03. The molecule has 0 saturated carbocycles. The van der Waals surface area contributed by atoms with Crippen molar-refractivity contribution in [2.75, 3.05) is 0 Å². The van der Waals surface area contributed by atoms with Crippen LogP contribution in [-0.2, 0) is 0 Å². The number of rotatable bonds is 4. The van der Waals surface area contributed by atoms with E-state index in [-0.39, 0.29) is 11.4 Å². The first-order valence-corrected chi connectivity index (χ1v) is 6.43. The van der Waals surface area contributed by atoms with Crippen LogP contribution in [-0.4, -0.2) is 11.4 Å². The molecule has 15 heavy (non-hydrogen) atoms. The Hall–Kier alpha value is -0.480. The second-order valence-corrected chi connectivity index (χ2v) is 5.32. The maximum absolute atomic E-state index is 11.9. The Balaban J connectivity index is 2.71. The zero-order chi connectivity index (χ0) is 11.5. The lowest BCUT2D eigenvalue weighted by Crippen LogP contribution is -2.44. The fraction of sp³-hybridized carbons (Fsp3) is 0.545. The highest BCUT2D eigenvalue weighted by molar-refractivity contribution is 7.80. The minimum Gasteiger partial charge on any atom is -0.346 e. The zero-order valence-electron chi connectivity index (χ0n) is 9.33. The van der Waals surface area contributed by atoms with Gasteiger partial charge in [0, 0.05) is 15.8 Å². The quantitative estimate of drug-likeness (QED) is 0.780. The molecule has 0 unspecified atom stereocenters. The molecule has 0 bridgehead atoms. The molecule has 1 N–H and O–H groups in total. The minimum atomic E-state index is -0.0994.